The summed E-state index contributed by atoms with van der Waals surface area (Å²) in [5, 5.41) is 0. The van der Waals surface area contributed by atoms with Crippen molar-refractivity contribution in [2.45, 2.75) is 17.9 Å². The maximum Gasteiger partial charge on any atom is 0.338 e. The highest BCUT2D eigenvalue weighted by Crippen LogP contribution is 2.15. The van der Waals surface area contributed by atoms with Gasteiger partial charge in [-0.05, 0) is 43.3 Å². The predicted octanol–water partition coefficient (Wildman–Crippen LogP) is 2.30. The quantitative estimate of drug-likeness (QED) is 0.764. The minimum Gasteiger partial charge on any atom is -0.449 e. The van der Waals surface area contributed by atoms with E-state index in [0.29, 0.717) is 5.69 Å². The van der Waals surface area contributed by atoms with Crippen LogP contribution in [-0.4, -0.2) is 39.7 Å². The van der Waals surface area contributed by atoms with Gasteiger partial charge in [-0.2, -0.15) is 0 Å². The van der Waals surface area contributed by atoms with E-state index in [1.165, 1.54) is 36.1 Å². The zero-order valence-corrected chi connectivity index (χ0v) is 15.0. The van der Waals surface area contributed by atoms with Gasteiger partial charge in [0.05, 0.1) is 10.5 Å². The predicted molar refractivity (Wildman–Crippen MR) is 94.3 cm³/mol. The summed E-state index contributed by atoms with van der Waals surface area (Å²) in [6.45, 7) is 1.49. The highest BCUT2D eigenvalue weighted by atomic mass is 32.2. The Morgan fingerprint density at radius 1 is 1.00 bits per heavy atom. The van der Waals surface area contributed by atoms with Gasteiger partial charge in [0.25, 0.3) is 5.91 Å². The summed E-state index contributed by atoms with van der Waals surface area (Å²) < 4.78 is 28.0. The second-order valence-corrected chi connectivity index (χ2v) is 7.59. The minimum absolute atomic E-state index is 0.108. The molecule has 2 aromatic carbocycles. The van der Waals surface area contributed by atoms with E-state index >= 15 is 0 Å². The number of amides is 1. The fraction of sp³-hybridized carbons (Fsp3) is 0.222. The van der Waals surface area contributed by atoms with E-state index in [-0.39, 0.29) is 16.4 Å². The van der Waals surface area contributed by atoms with Crippen LogP contribution in [-0.2, 0) is 19.4 Å². The third-order valence-electron chi connectivity index (χ3n) is 3.62. The Kier molecular flexibility index (Phi) is 5.58. The van der Waals surface area contributed by atoms with Crippen LogP contribution >= 0.6 is 0 Å². The molecule has 1 amide bonds. The zero-order chi connectivity index (χ0) is 18.6. The third-order valence-corrected chi connectivity index (χ3v) is 4.75. The molecule has 0 aromatic heterocycles. The van der Waals surface area contributed by atoms with Gasteiger partial charge in [0.1, 0.15) is 0 Å². The van der Waals surface area contributed by atoms with Gasteiger partial charge >= 0.3 is 5.97 Å². The average molecular weight is 361 g/mol. The van der Waals surface area contributed by atoms with Crippen LogP contribution in [0.2, 0.25) is 0 Å². The lowest BCUT2D eigenvalue weighted by molar-refractivity contribution is -0.126. The Morgan fingerprint density at radius 2 is 1.56 bits per heavy atom. The number of hydrogen-bond acceptors (Lipinski definition) is 5. The minimum atomic E-state index is -3.34. The Labute approximate surface area is 146 Å². The van der Waals surface area contributed by atoms with E-state index in [2.05, 4.69) is 0 Å². The van der Waals surface area contributed by atoms with E-state index in [9.17, 15) is 18.0 Å². The normalized spacial score (nSPS) is 12.3. The molecule has 7 heteroatoms. The number of anilines is 1. The maximum atomic E-state index is 12.4. The fourth-order valence-corrected chi connectivity index (χ4v) is 2.80. The summed E-state index contributed by atoms with van der Waals surface area (Å²) in [4.78, 5) is 26.0. The standard InChI is InChI=1S/C18H19NO5S/c1-13(17(20)19(2)15-7-5-4-6-8-15)24-18(21)14-9-11-16(12-10-14)25(3,22)23/h4-13H,1-3H3. The summed E-state index contributed by atoms with van der Waals surface area (Å²) in [7, 11) is -1.74. The number of carbonyl (C=O) groups excluding carboxylic acids is 2. The van der Waals surface area contributed by atoms with Gasteiger partial charge in [-0.1, -0.05) is 18.2 Å². The second-order valence-electron chi connectivity index (χ2n) is 5.58. The molecule has 0 heterocycles. The van der Waals surface area contributed by atoms with E-state index in [1.807, 2.05) is 6.07 Å². The number of likely N-dealkylation sites (N-methyl/N-ethyl adjacent to an activating group) is 1. The van der Waals surface area contributed by atoms with Crippen LogP contribution in [0.4, 0.5) is 5.69 Å². The summed E-state index contributed by atoms with van der Waals surface area (Å²) in [6.07, 6.45) is 0.104. The van der Waals surface area contributed by atoms with Crippen molar-refractivity contribution in [2.24, 2.45) is 0 Å². The molecule has 0 aliphatic heterocycles. The first kappa shape index (κ1) is 18.7. The molecule has 0 saturated heterocycles. The Morgan fingerprint density at radius 3 is 2.08 bits per heavy atom. The smallest absolute Gasteiger partial charge is 0.338 e. The fourth-order valence-electron chi connectivity index (χ4n) is 2.17. The number of benzene rings is 2. The monoisotopic (exact) mass is 361 g/mol. The zero-order valence-electron chi connectivity index (χ0n) is 14.2. The van der Waals surface area contributed by atoms with Crippen molar-refractivity contribution in [1.29, 1.82) is 0 Å². The summed E-state index contributed by atoms with van der Waals surface area (Å²) in [6, 6.07) is 14.4. The lowest BCUT2D eigenvalue weighted by atomic mass is 10.2. The first-order chi connectivity index (χ1) is 11.7. The van der Waals surface area contributed by atoms with Crippen LogP contribution in [0.3, 0.4) is 0 Å². The van der Waals surface area contributed by atoms with Crippen LogP contribution in [0.15, 0.2) is 59.5 Å². The van der Waals surface area contributed by atoms with Crippen LogP contribution in [0.5, 0.6) is 0 Å². The molecule has 132 valence electrons. The molecule has 0 fully saturated rings. The molecule has 6 nitrogen and oxygen atoms in total. The van der Waals surface area contributed by atoms with Crippen molar-refractivity contribution < 1.29 is 22.7 Å². The van der Waals surface area contributed by atoms with Crippen molar-refractivity contribution in [1.82, 2.24) is 0 Å². The molecular weight excluding hydrogens is 342 g/mol. The first-order valence-corrected chi connectivity index (χ1v) is 9.43. The van der Waals surface area contributed by atoms with Gasteiger partial charge in [0.2, 0.25) is 0 Å². The lowest BCUT2D eigenvalue weighted by Gasteiger charge is -2.21. The highest BCUT2D eigenvalue weighted by molar-refractivity contribution is 7.90. The van der Waals surface area contributed by atoms with Gasteiger partial charge in [0.15, 0.2) is 15.9 Å². The lowest BCUT2D eigenvalue weighted by Crippen LogP contribution is -2.37. The maximum absolute atomic E-state index is 12.4. The molecule has 0 aliphatic rings. The van der Waals surface area contributed by atoms with Crippen molar-refractivity contribution in [3.63, 3.8) is 0 Å². The molecule has 0 saturated carbocycles. The summed E-state index contributed by atoms with van der Waals surface area (Å²) >= 11 is 0. The van der Waals surface area contributed by atoms with E-state index in [4.69, 9.17) is 4.74 Å². The molecule has 1 atom stereocenters. The van der Waals surface area contributed by atoms with Gasteiger partial charge in [-0.3, -0.25) is 4.79 Å². The van der Waals surface area contributed by atoms with Gasteiger partial charge in [0, 0.05) is 19.0 Å². The van der Waals surface area contributed by atoms with Crippen LogP contribution in [0, 0.1) is 0 Å². The Bertz CT molecular complexity index is 860. The summed E-state index contributed by atoms with van der Waals surface area (Å²) in [5.41, 5.74) is 0.863. The molecule has 2 rings (SSSR count). The van der Waals surface area contributed by atoms with Gasteiger partial charge in [-0.15, -0.1) is 0 Å². The number of nitrogens with zero attached hydrogens (tertiary/aromatic N) is 1. The SMILES string of the molecule is CC(OC(=O)c1ccc(S(C)(=O)=O)cc1)C(=O)N(C)c1ccccc1. The number of ether oxygens (including phenoxy) is 1. The largest absolute Gasteiger partial charge is 0.449 e. The molecule has 0 spiro atoms. The Hall–Kier alpha value is -2.67. The molecule has 2 aromatic rings. The highest BCUT2D eigenvalue weighted by Gasteiger charge is 2.23. The van der Waals surface area contributed by atoms with Crippen molar-refractivity contribution in [3.05, 3.63) is 60.2 Å². The average Bonchev–Trinajstić information content (AvgIpc) is 2.60. The number of sulfone groups is 1. The topological polar surface area (TPSA) is 80.8 Å². The molecular formula is C18H19NO5S. The van der Waals surface area contributed by atoms with E-state index in [0.717, 1.165) is 6.26 Å². The number of para-hydroxylation sites is 1. The van der Waals surface area contributed by atoms with Crippen molar-refractivity contribution >= 4 is 27.4 Å². The van der Waals surface area contributed by atoms with Gasteiger partial charge in [-0.25, -0.2) is 13.2 Å². The van der Waals surface area contributed by atoms with Crippen molar-refractivity contribution in [3.8, 4) is 0 Å². The summed E-state index contributed by atoms with van der Waals surface area (Å²) in [5.74, 6) is -1.06. The molecule has 0 bridgehead atoms. The van der Waals surface area contributed by atoms with E-state index in [1.54, 1.807) is 31.3 Å². The molecule has 0 radical (unpaired) electrons. The van der Waals surface area contributed by atoms with Gasteiger partial charge < -0.3 is 9.64 Å². The second kappa shape index (κ2) is 7.48. The van der Waals surface area contributed by atoms with Crippen LogP contribution in [0.25, 0.3) is 0 Å². The number of rotatable bonds is 5. The molecule has 1 unspecified atom stereocenters. The number of carbonyl (C=O) groups is 2. The molecule has 25 heavy (non-hydrogen) atoms. The molecule has 0 aliphatic carbocycles. The molecule has 0 N–H and O–H groups in total. The van der Waals surface area contributed by atoms with Crippen LogP contribution in [0.1, 0.15) is 17.3 Å². The van der Waals surface area contributed by atoms with Crippen LogP contribution < -0.4 is 4.90 Å². The third kappa shape index (κ3) is 4.67. The van der Waals surface area contributed by atoms with E-state index < -0.39 is 21.9 Å². The Balaban J connectivity index is 2.05. The number of esters is 1. The first-order valence-electron chi connectivity index (χ1n) is 7.54. The van der Waals surface area contributed by atoms with Crippen molar-refractivity contribution in [2.75, 3.05) is 18.2 Å². The number of hydrogen-bond donors (Lipinski definition) is 0.